The molecule has 1 saturated carbocycles. The molecule has 3 rings (SSSR count). The van der Waals surface area contributed by atoms with Gasteiger partial charge >= 0.3 is 0 Å². The molecule has 0 unspecified atom stereocenters. The number of aromatic nitrogens is 1. The second kappa shape index (κ2) is 9.55. The van der Waals surface area contributed by atoms with Gasteiger partial charge in [0.2, 0.25) is 0 Å². The molecule has 1 aromatic heterocycles. The molecule has 1 heterocycles. The summed E-state index contributed by atoms with van der Waals surface area (Å²) in [5.74, 6) is 1.86. The predicted molar refractivity (Wildman–Crippen MR) is 108 cm³/mol. The summed E-state index contributed by atoms with van der Waals surface area (Å²) in [6.07, 6.45) is 6.00. The molecule has 1 aromatic carbocycles. The summed E-state index contributed by atoms with van der Waals surface area (Å²) in [5, 5.41) is 3.21. The van der Waals surface area contributed by atoms with E-state index in [9.17, 15) is 4.79 Å². The second-order valence-corrected chi connectivity index (χ2v) is 7.29. The highest BCUT2D eigenvalue weighted by Gasteiger charge is 2.31. The smallest absolute Gasteiger partial charge is 0.255 e. The topological polar surface area (TPSA) is 86.5 Å². The summed E-state index contributed by atoms with van der Waals surface area (Å²) in [5.41, 5.74) is 7.18. The number of nitrogens with zero attached hydrogens (tertiary/aromatic N) is 1. The van der Waals surface area contributed by atoms with Crippen molar-refractivity contribution in [3.8, 4) is 11.5 Å². The number of hydrogen-bond donors (Lipinski definition) is 2. The van der Waals surface area contributed by atoms with Crippen LogP contribution in [0.25, 0.3) is 0 Å². The Kier molecular flexibility index (Phi) is 6.87. The highest BCUT2D eigenvalue weighted by atomic mass is 16.5. The maximum atomic E-state index is 13.1. The van der Waals surface area contributed by atoms with E-state index in [2.05, 4.69) is 10.3 Å². The molecule has 150 valence electrons. The maximum absolute atomic E-state index is 13.1. The van der Waals surface area contributed by atoms with Crippen molar-refractivity contribution < 1.29 is 14.3 Å². The molecule has 1 fully saturated rings. The van der Waals surface area contributed by atoms with Crippen molar-refractivity contribution in [1.29, 1.82) is 0 Å². The second-order valence-electron chi connectivity index (χ2n) is 7.29. The first kappa shape index (κ1) is 20.1. The highest BCUT2D eigenvalue weighted by Crippen LogP contribution is 2.36. The quantitative estimate of drug-likeness (QED) is 0.766. The molecule has 2 aromatic rings. The van der Waals surface area contributed by atoms with Crippen molar-refractivity contribution >= 4 is 5.91 Å². The monoisotopic (exact) mass is 383 g/mol. The summed E-state index contributed by atoms with van der Waals surface area (Å²) in [6, 6.07) is 10.9. The lowest BCUT2D eigenvalue weighted by Crippen LogP contribution is -2.36. The largest absolute Gasteiger partial charge is 0.497 e. The van der Waals surface area contributed by atoms with Crippen LogP contribution in [0.1, 0.15) is 47.8 Å². The molecule has 0 saturated heterocycles. The number of carbonyl (C=O) groups excluding carboxylic acids is 1. The van der Waals surface area contributed by atoms with Gasteiger partial charge in [0.15, 0.2) is 0 Å². The summed E-state index contributed by atoms with van der Waals surface area (Å²) in [6.45, 7) is 0.730. The Balaban J connectivity index is 1.85. The van der Waals surface area contributed by atoms with E-state index < -0.39 is 0 Å². The number of hydrogen-bond acceptors (Lipinski definition) is 5. The van der Waals surface area contributed by atoms with Crippen molar-refractivity contribution in [1.82, 2.24) is 10.3 Å². The maximum Gasteiger partial charge on any atom is 0.255 e. The van der Waals surface area contributed by atoms with Gasteiger partial charge in [0.05, 0.1) is 31.5 Å². The number of rotatable bonds is 7. The highest BCUT2D eigenvalue weighted by molar-refractivity contribution is 5.97. The number of carbonyl (C=O) groups is 1. The molecule has 1 amide bonds. The first-order valence-corrected chi connectivity index (χ1v) is 9.80. The Morgan fingerprint density at radius 2 is 1.96 bits per heavy atom. The standard InChI is InChI=1S/C22H29N3O3/c1-27-17-10-11-20(28-2)18(13-17)22(26)25-21(19-5-3-4-12-24-19)16-8-6-15(14-23)7-9-16/h3-5,10-13,15-16,21H,6-9,14,23H2,1-2H3,(H,25,26)/t15?,16?,21-/m0/s1. The van der Waals surface area contributed by atoms with E-state index in [4.69, 9.17) is 15.2 Å². The van der Waals surface area contributed by atoms with Crippen molar-refractivity contribution in [2.24, 2.45) is 17.6 Å². The van der Waals surface area contributed by atoms with Gasteiger partial charge in [-0.1, -0.05) is 6.07 Å². The van der Waals surface area contributed by atoms with Gasteiger partial charge < -0.3 is 20.5 Å². The minimum atomic E-state index is -0.188. The Morgan fingerprint density at radius 3 is 2.57 bits per heavy atom. The van der Waals surface area contributed by atoms with E-state index in [1.165, 1.54) is 0 Å². The Hall–Kier alpha value is -2.60. The van der Waals surface area contributed by atoms with E-state index in [0.717, 1.165) is 37.9 Å². The van der Waals surface area contributed by atoms with Crippen LogP contribution in [0.2, 0.25) is 0 Å². The Labute approximate surface area is 166 Å². The number of pyridine rings is 1. The zero-order valence-corrected chi connectivity index (χ0v) is 16.6. The van der Waals surface area contributed by atoms with E-state index in [1.807, 2.05) is 18.2 Å². The number of nitrogens with two attached hydrogens (primary N) is 1. The van der Waals surface area contributed by atoms with E-state index in [-0.39, 0.29) is 11.9 Å². The summed E-state index contributed by atoms with van der Waals surface area (Å²) >= 11 is 0. The molecule has 0 spiro atoms. The van der Waals surface area contributed by atoms with Crippen molar-refractivity contribution in [2.45, 2.75) is 31.7 Å². The van der Waals surface area contributed by atoms with E-state index in [0.29, 0.717) is 28.9 Å². The van der Waals surface area contributed by atoms with Gasteiger partial charge in [-0.3, -0.25) is 9.78 Å². The summed E-state index contributed by atoms with van der Waals surface area (Å²) in [4.78, 5) is 17.7. The van der Waals surface area contributed by atoms with Crippen LogP contribution in [0.5, 0.6) is 11.5 Å². The van der Waals surface area contributed by atoms with Crippen LogP contribution in [0.3, 0.4) is 0 Å². The Bertz CT molecular complexity index is 774. The number of amides is 1. The average molecular weight is 383 g/mol. The van der Waals surface area contributed by atoms with Gasteiger partial charge in [0.25, 0.3) is 5.91 Å². The molecule has 1 aliphatic rings. The zero-order valence-electron chi connectivity index (χ0n) is 16.6. The first-order valence-electron chi connectivity index (χ1n) is 9.80. The fraction of sp³-hybridized carbons (Fsp3) is 0.455. The molecule has 28 heavy (non-hydrogen) atoms. The van der Waals surface area contributed by atoms with Gasteiger partial charge in [-0.05, 0) is 74.4 Å². The molecule has 6 heteroatoms. The Morgan fingerprint density at radius 1 is 1.18 bits per heavy atom. The minimum absolute atomic E-state index is 0.150. The molecule has 3 N–H and O–H groups in total. The van der Waals surface area contributed by atoms with Crippen LogP contribution in [0.15, 0.2) is 42.6 Å². The third kappa shape index (κ3) is 4.62. The number of ether oxygens (including phenoxy) is 2. The van der Waals surface area contributed by atoms with Crippen LogP contribution in [-0.2, 0) is 0 Å². The zero-order chi connectivity index (χ0) is 19.9. The number of methoxy groups -OCH3 is 2. The molecular formula is C22H29N3O3. The minimum Gasteiger partial charge on any atom is -0.497 e. The third-order valence-corrected chi connectivity index (χ3v) is 5.64. The van der Waals surface area contributed by atoms with E-state index >= 15 is 0 Å². The van der Waals surface area contributed by atoms with Crippen molar-refractivity contribution in [3.05, 3.63) is 53.9 Å². The van der Waals surface area contributed by atoms with Crippen molar-refractivity contribution in [2.75, 3.05) is 20.8 Å². The van der Waals surface area contributed by atoms with Crippen LogP contribution in [0, 0.1) is 11.8 Å². The normalized spacial score (nSPS) is 20.2. The van der Waals surface area contributed by atoms with Gasteiger partial charge in [-0.25, -0.2) is 0 Å². The molecular weight excluding hydrogens is 354 g/mol. The van der Waals surface area contributed by atoms with Gasteiger partial charge in [-0.2, -0.15) is 0 Å². The molecule has 6 nitrogen and oxygen atoms in total. The van der Waals surface area contributed by atoms with Gasteiger partial charge in [0.1, 0.15) is 11.5 Å². The lowest BCUT2D eigenvalue weighted by molar-refractivity contribution is 0.0902. The van der Waals surface area contributed by atoms with Gasteiger partial charge in [-0.15, -0.1) is 0 Å². The fourth-order valence-corrected chi connectivity index (χ4v) is 3.96. The van der Waals surface area contributed by atoms with E-state index in [1.54, 1.807) is 38.6 Å². The molecule has 0 bridgehead atoms. The fourth-order valence-electron chi connectivity index (χ4n) is 3.96. The third-order valence-electron chi connectivity index (χ3n) is 5.64. The molecule has 1 atom stereocenters. The van der Waals surface area contributed by atoms with Crippen LogP contribution in [0.4, 0.5) is 0 Å². The van der Waals surface area contributed by atoms with Crippen LogP contribution in [-0.4, -0.2) is 31.7 Å². The summed E-state index contributed by atoms with van der Waals surface area (Å²) < 4.78 is 10.7. The number of nitrogens with one attached hydrogen (secondary N) is 1. The lowest BCUT2D eigenvalue weighted by atomic mass is 9.77. The molecule has 0 radical (unpaired) electrons. The first-order chi connectivity index (χ1) is 13.7. The molecule has 0 aliphatic heterocycles. The lowest BCUT2D eigenvalue weighted by Gasteiger charge is -2.33. The van der Waals surface area contributed by atoms with Crippen LogP contribution < -0.4 is 20.5 Å². The average Bonchev–Trinajstić information content (AvgIpc) is 2.77. The van der Waals surface area contributed by atoms with Gasteiger partial charge in [0, 0.05) is 6.20 Å². The predicted octanol–water partition coefficient (Wildman–Crippen LogP) is 3.34. The molecule has 1 aliphatic carbocycles. The summed E-state index contributed by atoms with van der Waals surface area (Å²) in [7, 11) is 3.14. The number of benzene rings is 1. The SMILES string of the molecule is COc1ccc(OC)c(C(=O)N[C@H](c2ccccn2)C2CCC(CN)CC2)c1. The van der Waals surface area contributed by atoms with Crippen LogP contribution >= 0.6 is 0 Å². The van der Waals surface area contributed by atoms with Crippen molar-refractivity contribution in [3.63, 3.8) is 0 Å².